The molecule has 0 aliphatic carbocycles. The largest absolute Gasteiger partial charge is 0.379 e. The Balaban J connectivity index is 0.00000162. The molecule has 1 aromatic heterocycles. The molecule has 1 aromatic rings. The molecular formula is C10H17ClN2O3S2. The zero-order chi connectivity index (χ0) is 12.1. The van der Waals surface area contributed by atoms with Crippen molar-refractivity contribution in [2.75, 3.05) is 39.4 Å². The summed E-state index contributed by atoms with van der Waals surface area (Å²) >= 11 is 1.23. The molecule has 8 heteroatoms. The van der Waals surface area contributed by atoms with Crippen LogP contribution in [0.25, 0.3) is 0 Å². The fraction of sp³-hybridized carbons (Fsp3) is 0.600. The van der Waals surface area contributed by atoms with Crippen molar-refractivity contribution in [1.29, 1.82) is 0 Å². The van der Waals surface area contributed by atoms with Crippen LogP contribution in [0.2, 0.25) is 0 Å². The zero-order valence-corrected chi connectivity index (χ0v) is 12.3. The topological polar surface area (TPSA) is 58.6 Å². The standard InChI is InChI=1S/C10H16N2O3S2.ClH/c13-17(14,10-2-1-9-16-10)11-3-4-12-5-7-15-8-6-12;/h1-2,9,11H,3-8H2;1H. The van der Waals surface area contributed by atoms with Crippen molar-refractivity contribution in [2.45, 2.75) is 4.21 Å². The molecule has 18 heavy (non-hydrogen) atoms. The van der Waals surface area contributed by atoms with E-state index in [0.29, 0.717) is 10.8 Å². The first-order valence-corrected chi connectivity index (χ1v) is 7.88. The van der Waals surface area contributed by atoms with Crippen LogP contribution in [-0.4, -0.2) is 52.7 Å². The minimum absolute atomic E-state index is 0. The third-order valence-corrected chi connectivity index (χ3v) is 5.44. The number of morpholine rings is 1. The average Bonchev–Trinajstić information content (AvgIpc) is 2.84. The summed E-state index contributed by atoms with van der Waals surface area (Å²) < 4.78 is 31.8. The second kappa shape index (κ2) is 7.42. The zero-order valence-electron chi connectivity index (χ0n) is 9.87. The fourth-order valence-corrected chi connectivity index (χ4v) is 3.71. The SMILES string of the molecule is Cl.O=S(=O)(NCCN1CCOCC1)c1cccs1. The molecule has 104 valence electrons. The quantitative estimate of drug-likeness (QED) is 0.873. The van der Waals surface area contributed by atoms with Gasteiger partial charge in [0.25, 0.3) is 0 Å². The molecule has 0 aromatic carbocycles. The predicted molar refractivity (Wildman–Crippen MR) is 74.0 cm³/mol. The van der Waals surface area contributed by atoms with Crippen LogP contribution in [0.4, 0.5) is 0 Å². The molecule has 2 heterocycles. The molecule has 0 amide bonds. The lowest BCUT2D eigenvalue weighted by Crippen LogP contribution is -2.41. The van der Waals surface area contributed by atoms with E-state index in [-0.39, 0.29) is 12.4 Å². The van der Waals surface area contributed by atoms with E-state index in [1.807, 2.05) is 0 Å². The molecule has 1 aliphatic heterocycles. The smallest absolute Gasteiger partial charge is 0.250 e. The first kappa shape index (κ1) is 15.9. The van der Waals surface area contributed by atoms with Crippen LogP contribution in [-0.2, 0) is 14.8 Å². The van der Waals surface area contributed by atoms with Gasteiger partial charge >= 0.3 is 0 Å². The van der Waals surface area contributed by atoms with E-state index in [9.17, 15) is 8.42 Å². The van der Waals surface area contributed by atoms with E-state index >= 15 is 0 Å². The van der Waals surface area contributed by atoms with Crippen molar-refractivity contribution in [3.8, 4) is 0 Å². The van der Waals surface area contributed by atoms with E-state index < -0.39 is 10.0 Å². The Hall–Kier alpha value is -0.180. The monoisotopic (exact) mass is 312 g/mol. The van der Waals surface area contributed by atoms with Gasteiger partial charge in [0.1, 0.15) is 4.21 Å². The van der Waals surface area contributed by atoms with Gasteiger partial charge in [-0.15, -0.1) is 23.7 Å². The summed E-state index contributed by atoms with van der Waals surface area (Å²) in [7, 11) is -3.31. The molecule has 1 fully saturated rings. The third-order valence-electron chi connectivity index (χ3n) is 2.58. The third kappa shape index (κ3) is 4.49. The summed E-state index contributed by atoms with van der Waals surface area (Å²) in [5, 5.41) is 1.76. The number of sulfonamides is 1. The van der Waals surface area contributed by atoms with Crippen LogP contribution < -0.4 is 4.72 Å². The van der Waals surface area contributed by atoms with Crippen LogP contribution in [0, 0.1) is 0 Å². The van der Waals surface area contributed by atoms with Gasteiger partial charge in [0.2, 0.25) is 10.0 Å². The minimum Gasteiger partial charge on any atom is -0.379 e. The van der Waals surface area contributed by atoms with Gasteiger partial charge in [-0.1, -0.05) is 6.07 Å². The van der Waals surface area contributed by atoms with Crippen molar-refractivity contribution in [2.24, 2.45) is 0 Å². The molecular weight excluding hydrogens is 296 g/mol. The van der Waals surface area contributed by atoms with Crippen LogP contribution in [0.15, 0.2) is 21.7 Å². The maximum atomic E-state index is 11.8. The van der Waals surface area contributed by atoms with Crippen molar-refractivity contribution in [3.05, 3.63) is 17.5 Å². The number of nitrogens with one attached hydrogen (secondary N) is 1. The Bertz CT molecular complexity index is 430. The van der Waals surface area contributed by atoms with E-state index in [1.54, 1.807) is 17.5 Å². The van der Waals surface area contributed by atoms with Crippen LogP contribution in [0.3, 0.4) is 0 Å². The summed E-state index contributed by atoms with van der Waals surface area (Å²) in [6, 6.07) is 3.35. The lowest BCUT2D eigenvalue weighted by molar-refractivity contribution is 0.0390. The highest BCUT2D eigenvalue weighted by atomic mass is 35.5. The molecule has 0 atom stereocenters. The highest BCUT2D eigenvalue weighted by Gasteiger charge is 2.15. The van der Waals surface area contributed by atoms with E-state index in [0.717, 1.165) is 32.8 Å². The summed E-state index contributed by atoms with van der Waals surface area (Å²) in [6.07, 6.45) is 0. The Morgan fingerprint density at radius 2 is 2.11 bits per heavy atom. The lowest BCUT2D eigenvalue weighted by Gasteiger charge is -2.26. The van der Waals surface area contributed by atoms with Crippen LogP contribution in [0.5, 0.6) is 0 Å². The first-order valence-electron chi connectivity index (χ1n) is 5.52. The molecule has 1 saturated heterocycles. The number of halogens is 1. The van der Waals surface area contributed by atoms with Gasteiger partial charge in [-0.2, -0.15) is 0 Å². The van der Waals surface area contributed by atoms with Gasteiger partial charge in [-0.3, -0.25) is 4.90 Å². The Labute approximate surface area is 118 Å². The molecule has 0 saturated carbocycles. The second-order valence-electron chi connectivity index (χ2n) is 3.78. The second-order valence-corrected chi connectivity index (χ2v) is 6.73. The van der Waals surface area contributed by atoms with Gasteiger partial charge in [-0.25, -0.2) is 13.1 Å². The molecule has 1 aliphatic rings. The molecule has 0 spiro atoms. The molecule has 5 nitrogen and oxygen atoms in total. The summed E-state index contributed by atoms with van der Waals surface area (Å²) in [5.74, 6) is 0. The number of thiophene rings is 1. The van der Waals surface area contributed by atoms with E-state index in [1.165, 1.54) is 11.3 Å². The van der Waals surface area contributed by atoms with Gasteiger partial charge in [0.15, 0.2) is 0 Å². The van der Waals surface area contributed by atoms with Crippen molar-refractivity contribution < 1.29 is 13.2 Å². The Morgan fingerprint density at radius 3 is 2.72 bits per heavy atom. The minimum atomic E-state index is -3.31. The highest BCUT2D eigenvalue weighted by Crippen LogP contribution is 2.14. The van der Waals surface area contributed by atoms with Gasteiger partial charge < -0.3 is 4.74 Å². The first-order chi connectivity index (χ1) is 8.18. The maximum Gasteiger partial charge on any atom is 0.250 e. The highest BCUT2D eigenvalue weighted by molar-refractivity contribution is 7.91. The van der Waals surface area contributed by atoms with Crippen molar-refractivity contribution in [1.82, 2.24) is 9.62 Å². The predicted octanol–water partition coefficient (Wildman–Crippen LogP) is 0.780. The average molecular weight is 313 g/mol. The van der Waals surface area contributed by atoms with E-state index in [4.69, 9.17) is 4.74 Å². The van der Waals surface area contributed by atoms with Crippen molar-refractivity contribution in [3.63, 3.8) is 0 Å². The molecule has 1 N–H and O–H groups in total. The number of hydrogen-bond donors (Lipinski definition) is 1. The number of hydrogen-bond acceptors (Lipinski definition) is 5. The van der Waals surface area contributed by atoms with Crippen LogP contribution in [0.1, 0.15) is 0 Å². The lowest BCUT2D eigenvalue weighted by atomic mass is 10.4. The fourth-order valence-electron chi connectivity index (χ4n) is 1.65. The Kier molecular flexibility index (Phi) is 6.54. The molecule has 0 bridgehead atoms. The van der Waals surface area contributed by atoms with Gasteiger partial charge in [0, 0.05) is 26.2 Å². The maximum absolute atomic E-state index is 11.8. The number of nitrogens with zero attached hydrogens (tertiary/aromatic N) is 1. The Morgan fingerprint density at radius 1 is 1.39 bits per heavy atom. The number of ether oxygens (including phenoxy) is 1. The summed E-state index contributed by atoms with van der Waals surface area (Å²) in [5.41, 5.74) is 0. The van der Waals surface area contributed by atoms with Crippen LogP contribution >= 0.6 is 23.7 Å². The normalized spacial score (nSPS) is 17.3. The van der Waals surface area contributed by atoms with Gasteiger partial charge in [-0.05, 0) is 11.4 Å². The molecule has 2 rings (SSSR count). The van der Waals surface area contributed by atoms with E-state index in [2.05, 4.69) is 9.62 Å². The summed E-state index contributed by atoms with van der Waals surface area (Å²) in [4.78, 5) is 2.19. The summed E-state index contributed by atoms with van der Waals surface area (Å²) in [6.45, 7) is 4.39. The number of rotatable bonds is 5. The molecule has 0 unspecified atom stereocenters. The molecule has 0 radical (unpaired) electrons. The van der Waals surface area contributed by atoms with Crippen molar-refractivity contribution >= 4 is 33.8 Å². The van der Waals surface area contributed by atoms with Gasteiger partial charge in [0.05, 0.1) is 13.2 Å².